The predicted octanol–water partition coefficient (Wildman–Crippen LogP) is 3.67. The van der Waals surface area contributed by atoms with Crippen molar-refractivity contribution in [1.29, 1.82) is 0 Å². The highest BCUT2D eigenvalue weighted by molar-refractivity contribution is 5.71. The molecule has 0 bridgehead atoms. The number of benzene rings is 1. The van der Waals surface area contributed by atoms with E-state index < -0.39 is 0 Å². The Labute approximate surface area is 98.6 Å². The van der Waals surface area contributed by atoms with Crippen LogP contribution in [0.5, 0.6) is 0 Å². The molecular formula is C15H21N. The summed E-state index contributed by atoms with van der Waals surface area (Å²) in [5, 5.41) is 3.57. The first-order valence-electron chi connectivity index (χ1n) is 6.14. The third kappa shape index (κ3) is 2.13. The molecule has 0 aliphatic heterocycles. The van der Waals surface area contributed by atoms with E-state index in [4.69, 9.17) is 0 Å². The van der Waals surface area contributed by atoms with E-state index >= 15 is 0 Å². The van der Waals surface area contributed by atoms with Gasteiger partial charge in [-0.05, 0) is 57.2 Å². The van der Waals surface area contributed by atoms with Crippen molar-refractivity contribution < 1.29 is 0 Å². The topological polar surface area (TPSA) is 12.0 Å². The SMILES string of the molecule is CC1=C(NC(C)C)CCc2cc(C)ccc21. The molecule has 0 saturated heterocycles. The molecule has 0 radical (unpaired) electrons. The minimum absolute atomic E-state index is 0.525. The van der Waals surface area contributed by atoms with Gasteiger partial charge in [0, 0.05) is 11.7 Å². The van der Waals surface area contributed by atoms with E-state index in [0.717, 1.165) is 6.42 Å². The summed E-state index contributed by atoms with van der Waals surface area (Å²) in [5.74, 6) is 0. The van der Waals surface area contributed by atoms with Crippen LogP contribution in [0.1, 0.15) is 43.9 Å². The summed E-state index contributed by atoms with van der Waals surface area (Å²) in [5.41, 5.74) is 7.15. The average Bonchev–Trinajstić information content (AvgIpc) is 2.22. The number of allylic oxidation sites excluding steroid dienone is 2. The summed E-state index contributed by atoms with van der Waals surface area (Å²) in [6, 6.07) is 7.32. The zero-order chi connectivity index (χ0) is 11.7. The lowest BCUT2D eigenvalue weighted by atomic mass is 9.88. The first-order chi connectivity index (χ1) is 7.58. The number of aryl methyl sites for hydroxylation is 2. The third-order valence-electron chi connectivity index (χ3n) is 3.22. The molecule has 1 aromatic carbocycles. The van der Waals surface area contributed by atoms with Gasteiger partial charge in [0.05, 0.1) is 0 Å². The third-order valence-corrected chi connectivity index (χ3v) is 3.22. The minimum atomic E-state index is 0.525. The van der Waals surface area contributed by atoms with E-state index in [9.17, 15) is 0 Å². The normalized spacial score (nSPS) is 15.3. The van der Waals surface area contributed by atoms with E-state index in [-0.39, 0.29) is 0 Å². The van der Waals surface area contributed by atoms with Gasteiger partial charge in [0.15, 0.2) is 0 Å². The van der Waals surface area contributed by atoms with E-state index in [2.05, 4.69) is 51.2 Å². The lowest BCUT2D eigenvalue weighted by Crippen LogP contribution is -2.25. The van der Waals surface area contributed by atoms with Gasteiger partial charge in [-0.1, -0.05) is 23.8 Å². The van der Waals surface area contributed by atoms with Crippen LogP contribution in [-0.4, -0.2) is 6.04 Å². The van der Waals surface area contributed by atoms with Crippen LogP contribution in [0.4, 0.5) is 0 Å². The Morgan fingerprint density at radius 2 is 1.88 bits per heavy atom. The summed E-state index contributed by atoms with van der Waals surface area (Å²) in [7, 11) is 0. The number of rotatable bonds is 2. The zero-order valence-electron chi connectivity index (χ0n) is 10.7. The molecule has 0 spiro atoms. The molecular weight excluding hydrogens is 194 g/mol. The second-order valence-electron chi connectivity index (χ2n) is 5.06. The maximum absolute atomic E-state index is 3.57. The smallest absolute Gasteiger partial charge is 0.0201 e. The molecule has 1 N–H and O–H groups in total. The van der Waals surface area contributed by atoms with E-state index in [1.54, 1.807) is 0 Å². The summed E-state index contributed by atoms with van der Waals surface area (Å²) in [6.45, 7) is 8.80. The summed E-state index contributed by atoms with van der Waals surface area (Å²) >= 11 is 0. The van der Waals surface area contributed by atoms with Gasteiger partial charge in [0.25, 0.3) is 0 Å². The Morgan fingerprint density at radius 1 is 1.12 bits per heavy atom. The Hall–Kier alpha value is -1.24. The van der Waals surface area contributed by atoms with Crippen molar-refractivity contribution >= 4 is 5.57 Å². The Kier molecular flexibility index (Phi) is 3.04. The number of fused-ring (bicyclic) bond motifs is 1. The molecule has 0 saturated carbocycles. The molecule has 1 heteroatoms. The van der Waals surface area contributed by atoms with Gasteiger partial charge in [0.1, 0.15) is 0 Å². The van der Waals surface area contributed by atoms with Crippen molar-refractivity contribution in [3.05, 3.63) is 40.6 Å². The highest BCUT2D eigenvalue weighted by atomic mass is 14.9. The van der Waals surface area contributed by atoms with Crippen LogP contribution in [0.3, 0.4) is 0 Å². The van der Waals surface area contributed by atoms with E-state index in [1.165, 1.54) is 34.4 Å². The van der Waals surface area contributed by atoms with Gasteiger partial charge < -0.3 is 5.32 Å². The van der Waals surface area contributed by atoms with Crippen molar-refractivity contribution in [2.45, 2.75) is 46.6 Å². The largest absolute Gasteiger partial charge is 0.386 e. The van der Waals surface area contributed by atoms with Crippen molar-refractivity contribution in [3.8, 4) is 0 Å². The average molecular weight is 215 g/mol. The maximum atomic E-state index is 3.57. The molecule has 0 atom stereocenters. The predicted molar refractivity (Wildman–Crippen MR) is 70.4 cm³/mol. The van der Waals surface area contributed by atoms with Crippen molar-refractivity contribution in [1.82, 2.24) is 5.32 Å². The molecule has 1 aliphatic rings. The molecule has 1 nitrogen and oxygen atoms in total. The monoisotopic (exact) mass is 215 g/mol. The Bertz CT molecular complexity index is 427. The molecule has 0 heterocycles. The van der Waals surface area contributed by atoms with Gasteiger partial charge in [-0.3, -0.25) is 0 Å². The van der Waals surface area contributed by atoms with Gasteiger partial charge in [-0.25, -0.2) is 0 Å². The van der Waals surface area contributed by atoms with Crippen molar-refractivity contribution in [2.75, 3.05) is 0 Å². The molecule has 0 aromatic heterocycles. The molecule has 2 rings (SSSR count). The molecule has 86 valence electrons. The summed E-state index contributed by atoms with van der Waals surface area (Å²) in [6.07, 6.45) is 2.32. The van der Waals surface area contributed by atoms with E-state index in [0.29, 0.717) is 6.04 Å². The summed E-state index contributed by atoms with van der Waals surface area (Å²) < 4.78 is 0. The molecule has 0 amide bonds. The van der Waals surface area contributed by atoms with E-state index in [1.807, 2.05) is 0 Å². The lowest BCUT2D eigenvalue weighted by Gasteiger charge is -2.24. The second kappa shape index (κ2) is 4.32. The van der Waals surface area contributed by atoms with Crippen molar-refractivity contribution in [3.63, 3.8) is 0 Å². The lowest BCUT2D eigenvalue weighted by molar-refractivity contribution is 0.637. The Balaban J connectivity index is 2.38. The van der Waals surface area contributed by atoms with Gasteiger partial charge in [-0.15, -0.1) is 0 Å². The fourth-order valence-corrected chi connectivity index (χ4v) is 2.43. The zero-order valence-corrected chi connectivity index (χ0v) is 10.7. The quantitative estimate of drug-likeness (QED) is 0.793. The van der Waals surface area contributed by atoms with Crippen LogP contribution in [0, 0.1) is 6.92 Å². The second-order valence-corrected chi connectivity index (χ2v) is 5.06. The first kappa shape index (κ1) is 11.3. The molecule has 1 aromatic rings. The Morgan fingerprint density at radius 3 is 2.56 bits per heavy atom. The molecule has 16 heavy (non-hydrogen) atoms. The van der Waals surface area contributed by atoms with Crippen LogP contribution in [0.2, 0.25) is 0 Å². The minimum Gasteiger partial charge on any atom is -0.386 e. The van der Waals surface area contributed by atoms with Crippen LogP contribution < -0.4 is 5.32 Å². The van der Waals surface area contributed by atoms with Gasteiger partial charge >= 0.3 is 0 Å². The van der Waals surface area contributed by atoms with Crippen LogP contribution >= 0.6 is 0 Å². The number of hydrogen-bond acceptors (Lipinski definition) is 1. The van der Waals surface area contributed by atoms with Crippen LogP contribution in [-0.2, 0) is 6.42 Å². The first-order valence-corrected chi connectivity index (χ1v) is 6.14. The van der Waals surface area contributed by atoms with Gasteiger partial charge in [0.2, 0.25) is 0 Å². The van der Waals surface area contributed by atoms with Gasteiger partial charge in [-0.2, -0.15) is 0 Å². The van der Waals surface area contributed by atoms with Crippen LogP contribution in [0.25, 0.3) is 5.57 Å². The molecule has 1 aliphatic carbocycles. The standard InChI is InChI=1S/C15H21N/c1-10(2)16-15-8-6-13-9-11(3)5-7-14(13)12(15)4/h5,7,9-10,16H,6,8H2,1-4H3. The fraction of sp³-hybridized carbons (Fsp3) is 0.467. The molecule has 0 fully saturated rings. The van der Waals surface area contributed by atoms with Crippen LogP contribution in [0.15, 0.2) is 23.9 Å². The van der Waals surface area contributed by atoms with Crippen molar-refractivity contribution in [2.24, 2.45) is 0 Å². The fourth-order valence-electron chi connectivity index (χ4n) is 2.43. The molecule has 0 unspecified atom stereocenters. The number of hydrogen-bond donors (Lipinski definition) is 1. The summed E-state index contributed by atoms with van der Waals surface area (Å²) in [4.78, 5) is 0. The highest BCUT2D eigenvalue weighted by Crippen LogP contribution is 2.30. The maximum Gasteiger partial charge on any atom is 0.0201 e. The number of nitrogens with one attached hydrogen (secondary N) is 1. The highest BCUT2D eigenvalue weighted by Gasteiger charge is 2.15.